The molecule has 0 rings (SSSR count). The number of aliphatic carboxylic acids is 1. The third-order valence-electron chi connectivity index (χ3n) is 11.7. The Bertz CT molecular complexity index is 1110. The number of likely N-dealkylation sites (N-methyl/N-ethyl adjacent to an activating group) is 1. The first-order valence-electron chi connectivity index (χ1n) is 26.0. The molecule has 0 aromatic carbocycles. The average molecular weight is 874 g/mol. The molecule has 0 amide bonds. The summed E-state index contributed by atoms with van der Waals surface area (Å²) in [5.74, 6) is -1.74. The van der Waals surface area contributed by atoms with Gasteiger partial charge in [0.2, 0.25) is 0 Å². The number of hydrogen-bond acceptors (Lipinski definition) is 7. The summed E-state index contributed by atoms with van der Waals surface area (Å²) >= 11 is 0. The lowest BCUT2D eigenvalue weighted by atomic mass is 10.1. The number of carboxylic acid groups (broad SMARTS) is 1. The first-order valence-corrected chi connectivity index (χ1v) is 26.0. The Morgan fingerprint density at radius 2 is 0.855 bits per heavy atom. The molecule has 0 aliphatic rings. The van der Waals surface area contributed by atoms with Gasteiger partial charge in [0.05, 0.1) is 40.3 Å². The van der Waals surface area contributed by atoms with E-state index >= 15 is 0 Å². The summed E-state index contributed by atoms with van der Waals surface area (Å²) in [5, 5.41) is 11.7. The zero-order valence-corrected chi connectivity index (χ0v) is 41.3. The van der Waals surface area contributed by atoms with Gasteiger partial charge < -0.3 is 28.6 Å². The quantitative estimate of drug-likeness (QED) is 0.0260. The first kappa shape index (κ1) is 59.5. The second-order valence-corrected chi connectivity index (χ2v) is 18.8. The normalized spacial score (nSPS) is 13.1. The van der Waals surface area contributed by atoms with Crippen LogP contribution in [0.5, 0.6) is 0 Å². The third kappa shape index (κ3) is 42.8. The summed E-state index contributed by atoms with van der Waals surface area (Å²) in [6.45, 7) is 4.65. The van der Waals surface area contributed by atoms with Crippen molar-refractivity contribution >= 4 is 17.9 Å². The molecule has 0 aromatic rings. The van der Waals surface area contributed by atoms with E-state index in [1.807, 2.05) is 0 Å². The number of ether oxygens (including phenoxy) is 3. The molecule has 0 saturated carbocycles. The van der Waals surface area contributed by atoms with Crippen LogP contribution in [-0.4, -0.2) is 75.5 Å². The molecule has 0 aromatic heterocycles. The molecule has 2 unspecified atom stereocenters. The van der Waals surface area contributed by atoms with E-state index < -0.39 is 18.1 Å². The smallest absolute Gasteiger partial charge is 0.306 e. The van der Waals surface area contributed by atoms with Crippen LogP contribution < -0.4 is 5.11 Å². The predicted octanol–water partition coefficient (Wildman–Crippen LogP) is 13.6. The largest absolute Gasteiger partial charge is 0.544 e. The zero-order valence-electron chi connectivity index (χ0n) is 41.3. The van der Waals surface area contributed by atoms with Crippen molar-refractivity contribution in [3.05, 3.63) is 36.5 Å². The van der Waals surface area contributed by atoms with Crippen molar-refractivity contribution in [1.29, 1.82) is 0 Å². The van der Waals surface area contributed by atoms with Gasteiger partial charge in [0, 0.05) is 19.3 Å². The maximum Gasteiger partial charge on any atom is 0.306 e. The van der Waals surface area contributed by atoms with Crippen LogP contribution in [0.4, 0.5) is 0 Å². The van der Waals surface area contributed by atoms with Crippen molar-refractivity contribution in [2.75, 3.05) is 41.0 Å². The molecule has 0 saturated heterocycles. The maximum atomic E-state index is 12.8. The van der Waals surface area contributed by atoms with Gasteiger partial charge in [-0.3, -0.25) is 9.59 Å². The Kier molecular flexibility index (Phi) is 43.3. The van der Waals surface area contributed by atoms with Crippen LogP contribution in [0.25, 0.3) is 0 Å². The SMILES string of the molecule is CCCCC/C=C\C/C=C\CCCCCCCCCC(=O)OC(COCCC(C(=O)[O-])[N+](C)(C)C)COC(=O)CCCCCCCCCCC/C=C\CCCCCCCCCC. The van der Waals surface area contributed by atoms with Gasteiger partial charge in [-0.2, -0.15) is 0 Å². The van der Waals surface area contributed by atoms with Crippen molar-refractivity contribution < 1.29 is 38.2 Å². The Balaban J connectivity index is 4.23. The molecule has 62 heavy (non-hydrogen) atoms. The van der Waals surface area contributed by atoms with E-state index in [4.69, 9.17) is 14.2 Å². The minimum atomic E-state index is -1.12. The van der Waals surface area contributed by atoms with Crippen molar-refractivity contribution in [2.24, 2.45) is 0 Å². The van der Waals surface area contributed by atoms with Gasteiger partial charge in [-0.1, -0.05) is 185 Å². The van der Waals surface area contributed by atoms with Crippen molar-refractivity contribution in [1.82, 2.24) is 0 Å². The van der Waals surface area contributed by atoms with E-state index in [0.717, 1.165) is 51.4 Å². The first-order chi connectivity index (χ1) is 30.1. The van der Waals surface area contributed by atoms with Crippen LogP contribution in [-0.2, 0) is 28.6 Å². The monoisotopic (exact) mass is 874 g/mol. The Labute approximate surface area is 383 Å². The van der Waals surface area contributed by atoms with E-state index in [1.165, 1.54) is 154 Å². The van der Waals surface area contributed by atoms with E-state index in [-0.39, 0.29) is 42.7 Å². The lowest BCUT2D eigenvalue weighted by molar-refractivity contribution is -0.889. The van der Waals surface area contributed by atoms with Crippen LogP contribution in [0.3, 0.4) is 0 Å². The fraction of sp³-hybridized carbons (Fsp3) is 0.833. The molecule has 0 aliphatic heterocycles. The highest BCUT2D eigenvalue weighted by molar-refractivity contribution is 5.70. The summed E-state index contributed by atoms with van der Waals surface area (Å²) in [6, 6.07) is -0.727. The molecule has 0 radical (unpaired) electrons. The number of hydrogen-bond donors (Lipinski definition) is 0. The van der Waals surface area contributed by atoms with E-state index in [9.17, 15) is 19.5 Å². The molecule has 0 spiro atoms. The number of carbonyl (C=O) groups excluding carboxylic acids is 3. The van der Waals surface area contributed by atoms with Gasteiger partial charge in [0.15, 0.2) is 6.10 Å². The average Bonchev–Trinajstić information content (AvgIpc) is 3.23. The van der Waals surface area contributed by atoms with Gasteiger partial charge in [0.25, 0.3) is 0 Å². The summed E-state index contributed by atoms with van der Waals surface area (Å²) in [7, 11) is 5.42. The fourth-order valence-corrected chi connectivity index (χ4v) is 7.69. The molecule has 8 heteroatoms. The molecule has 0 aliphatic carbocycles. The summed E-state index contributed by atoms with van der Waals surface area (Å²) in [4.78, 5) is 37.0. The molecular formula is C54H99NO7. The lowest BCUT2D eigenvalue weighted by Crippen LogP contribution is -2.55. The molecule has 0 N–H and O–H groups in total. The van der Waals surface area contributed by atoms with Crippen molar-refractivity contribution in [3.8, 4) is 0 Å². The number of esters is 2. The van der Waals surface area contributed by atoms with Gasteiger partial charge in [-0.25, -0.2) is 0 Å². The van der Waals surface area contributed by atoms with E-state index in [0.29, 0.717) is 12.8 Å². The van der Waals surface area contributed by atoms with Gasteiger partial charge >= 0.3 is 11.9 Å². The van der Waals surface area contributed by atoms with Crippen LogP contribution in [0.2, 0.25) is 0 Å². The van der Waals surface area contributed by atoms with E-state index in [1.54, 1.807) is 21.1 Å². The molecular weight excluding hydrogens is 775 g/mol. The summed E-state index contributed by atoms with van der Waals surface area (Å²) in [6.07, 6.45) is 53.1. The van der Waals surface area contributed by atoms with E-state index in [2.05, 4.69) is 50.3 Å². The van der Waals surface area contributed by atoms with Crippen LogP contribution in [0, 0.1) is 0 Å². The molecule has 0 heterocycles. The zero-order chi connectivity index (χ0) is 45.6. The Hall–Kier alpha value is -2.45. The highest BCUT2D eigenvalue weighted by Gasteiger charge is 2.25. The number of allylic oxidation sites excluding steroid dienone is 6. The highest BCUT2D eigenvalue weighted by atomic mass is 16.6. The second kappa shape index (κ2) is 45.1. The Morgan fingerprint density at radius 3 is 1.29 bits per heavy atom. The van der Waals surface area contributed by atoms with Crippen molar-refractivity contribution in [3.63, 3.8) is 0 Å². The minimum absolute atomic E-state index is 0.0386. The molecule has 0 fully saturated rings. The van der Waals surface area contributed by atoms with Crippen LogP contribution in [0.1, 0.15) is 239 Å². The third-order valence-corrected chi connectivity index (χ3v) is 11.7. The molecule has 362 valence electrons. The lowest BCUT2D eigenvalue weighted by Gasteiger charge is -2.34. The second-order valence-electron chi connectivity index (χ2n) is 18.8. The fourth-order valence-electron chi connectivity index (χ4n) is 7.69. The van der Waals surface area contributed by atoms with Crippen LogP contribution >= 0.6 is 0 Å². The number of rotatable bonds is 47. The van der Waals surface area contributed by atoms with Crippen LogP contribution in [0.15, 0.2) is 36.5 Å². The maximum absolute atomic E-state index is 12.8. The summed E-state index contributed by atoms with van der Waals surface area (Å²) < 4.78 is 17.2. The summed E-state index contributed by atoms with van der Waals surface area (Å²) in [5.41, 5.74) is 0. The topological polar surface area (TPSA) is 102 Å². The number of carbonyl (C=O) groups is 3. The number of nitrogens with zero attached hydrogens (tertiary/aromatic N) is 1. The molecule has 0 bridgehead atoms. The molecule has 8 nitrogen and oxygen atoms in total. The van der Waals surface area contributed by atoms with Crippen molar-refractivity contribution in [2.45, 2.75) is 251 Å². The highest BCUT2D eigenvalue weighted by Crippen LogP contribution is 2.15. The molecule has 2 atom stereocenters. The number of unbranched alkanes of at least 4 members (excludes halogenated alkanes) is 27. The number of carboxylic acids is 1. The minimum Gasteiger partial charge on any atom is -0.544 e. The van der Waals surface area contributed by atoms with Gasteiger partial charge in [-0.15, -0.1) is 0 Å². The predicted molar refractivity (Wildman–Crippen MR) is 259 cm³/mol. The Morgan fingerprint density at radius 1 is 0.484 bits per heavy atom. The van der Waals surface area contributed by atoms with Gasteiger partial charge in [-0.05, 0) is 70.6 Å². The standard InChI is InChI=1S/C54H99NO7/c1-6-8-10-12-14-16-18-20-22-24-25-26-27-29-30-32-34-36-38-40-42-44-52(56)61-49-50(48-60-47-46-51(54(58)59)55(3,4)5)62-53(57)45-43-41-39-37-35-33-31-28-23-21-19-17-15-13-11-9-7-2/h15,17,21,23-25,50-51H,6-14,16,18-20,22,26-49H2,1-5H3/b17-15-,23-21-,25-24-. The van der Waals surface area contributed by atoms with Gasteiger partial charge in [0.1, 0.15) is 12.6 Å². The number of quaternary nitrogens is 1.